The molecule has 0 aliphatic carbocycles. The van der Waals surface area contributed by atoms with E-state index >= 15 is 0 Å². The zero-order valence-corrected chi connectivity index (χ0v) is 11.1. The number of nitrogens with zero attached hydrogens (tertiary/aromatic N) is 1. The number of nitro groups is 1. The van der Waals surface area contributed by atoms with E-state index in [0.717, 1.165) is 6.07 Å². The molecule has 20 heavy (non-hydrogen) atoms. The van der Waals surface area contributed by atoms with Gasteiger partial charge in [0.25, 0.3) is 5.69 Å². The van der Waals surface area contributed by atoms with E-state index in [1.807, 2.05) is 0 Å². The van der Waals surface area contributed by atoms with Crippen LogP contribution in [0.5, 0.6) is 5.75 Å². The summed E-state index contributed by atoms with van der Waals surface area (Å²) in [5, 5.41) is 10.7. The number of para-hydroxylation sites is 1. The number of rotatable bonds is 4. The van der Waals surface area contributed by atoms with Crippen LogP contribution in [0.1, 0.15) is 0 Å². The molecule has 8 heteroatoms. The first-order valence-corrected chi connectivity index (χ1v) is 6.62. The molecule has 0 radical (unpaired) electrons. The Morgan fingerprint density at radius 3 is 2.40 bits per heavy atom. The predicted octanol–water partition coefficient (Wildman–Crippen LogP) is 2.70. The second-order valence-corrected chi connectivity index (χ2v) is 5.02. The van der Waals surface area contributed by atoms with Crippen molar-refractivity contribution in [3.8, 4) is 5.75 Å². The van der Waals surface area contributed by atoms with Gasteiger partial charge >= 0.3 is 29.6 Å². The molecule has 0 aliphatic rings. The molecule has 0 amide bonds. The Bertz CT molecular complexity index is 639. The van der Waals surface area contributed by atoms with Gasteiger partial charge in [0.05, 0.1) is 9.82 Å². The summed E-state index contributed by atoms with van der Waals surface area (Å²) < 4.78 is 17.1. The van der Waals surface area contributed by atoms with Crippen LogP contribution in [0.15, 0.2) is 53.4 Å². The second kappa shape index (κ2) is 7.75. The zero-order chi connectivity index (χ0) is 13.8. The molecule has 0 N–H and O–H groups in total. The summed E-state index contributed by atoms with van der Waals surface area (Å²) in [5.41, 5.74) is -0.302. The van der Waals surface area contributed by atoms with Gasteiger partial charge in [-0.15, -0.1) is 0 Å². The molecule has 0 heterocycles. The Morgan fingerprint density at radius 2 is 1.80 bits per heavy atom. The molecule has 0 saturated carbocycles. The molecule has 2 aromatic rings. The maximum absolute atomic E-state index is 11.9. The maximum atomic E-state index is 11.9. The Balaban J connectivity index is 0.00000200. The Labute approximate surface area is 145 Å². The quantitative estimate of drug-likeness (QED) is 0.493. The van der Waals surface area contributed by atoms with E-state index in [4.69, 9.17) is 15.8 Å². The van der Waals surface area contributed by atoms with Crippen LogP contribution in [0.3, 0.4) is 0 Å². The number of hydrogen-bond acceptors (Lipinski definition) is 4. The molecule has 0 saturated heterocycles. The van der Waals surface area contributed by atoms with Crippen molar-refractivity contribution in [3.63, 3.8) is 0 Å². The van der Waals surface area contributed by atoms with Gasteiger partial charge in [-0.1, -0.05) is 29.8 Å². The molecule has 2 aromatic carbocycles. The minimum atomic E-state index is -1.83. The van der Waals surface area contributed by atoms with E-state index in [0.29, 0.717) is 5.75 Å². The molecule has 0 bridgehead atoms. The van der Waals surface area contributed by atoms with E-state index in [9.17, 15) is 14.3 Å². The van der Waals surface area contributed by atoms with Crippen LogP contribution < -0.4 is 4.18 Å². The SMILES string of the molecule is O=[N+]([O-])c1cc(S(=O)Oc2ccccc2)ccc1Cl.[NaH]. The van der Waals surface area contributed by atoms with E-state index < -0.39 is 16.0 Å². The average Bonchev–Trinajstić information content (AvgIpc) is 2.40. The van der Waals surface area contributed by atoms with Crippen LogP contribution in [0.25, 0.3) is 0 Å². The monoisotopic (exact) mass is 321 g/mol. The Morgan fingerprint density at radius 1 is 1.15 bits per heavy atom. The van der Waals surface area contributed by atoms with Gasteiger partial charge in [-0.3, -0.25) is 10.1 Å². The van der Waals surface area contributed by atoms with Crippen molar-refractivity contribution in [2.24, 2.45) is 0 Å². The van der Waals surface area contributed by atoms with Gasteiger partial charge in [-0.05, 0) is 24.3 Å². The van der Waals surface area contributed by atoms with E-state index in [1.165, 1.54) is 12.1 Å². The van der Waals surface area contributed by atoms with Crippen LogP contribution in [-0.4, -0.2) is 38.7 Å². The fourth-order valence-electron chi connectivity index (χ4n) is 1.35. The first-order chi connectivity index (χ1) is 9.08. The molecule has 1 unspecified atom stereocenters. The van der Waals surface area contributed by atoms with Crippen molar-refractivity contribution in [3.05, 3.63) is 63.7 Å². The van der Waals surface area contributed by atoms with Gasteiger partial charge in [0.1, 0.15) is 10.8 Å². The summed E-state index contributed by atoms with van der Waals surface area (Å²) in [4.78, 5) is 10.3. The van der Waals surface area contributed by atoms with Gasteiger partial charge in [0, 0.05) is 6.07 Å². The minimum absolute atomic E-state index is 0. The second-order valence-electron chi connectivity index (χ2n) is 3.50. The molecule has 5 nitrogen and oxygen atoms in total. The third-order valence-corrected chi connectivity index (χ3v) is 3.52. The Hall–Kier alpha value is -0.920. The van der Waals surface area contributed by atoms with Crippen LogP contribution in [0, 0.1) is 10.1 Å². The van der Waals surface area contributed by atoms with E-state index in [-0.39, 0.29) is 45.2 Å². The molecular formula is C12H9ClNNaO4S. The predicted molar refractivity (Wildman–Crippen MR) is 78.7 cm³/mol. The van der Waals surface area contributed by atoms with Gasteiger partial charge in [-0.2, -0.15) is 0 Å². The normalized spacial score (nSPS) is 11.2. The van der Waals surface area contributed by atoms with Crippen molar-refractivity contribution in [2.45, 2.75) is 4.90 Å². The molecule has 0 fully saturated rings. The molecule has 0 aliphatic heterocycles. The van der Waals surface area contributed by atoms with Gasteiger partial charge < -0.3 is 4.18 Å². The molecule has 0 spiro atoms. The van der Waals surface area contributed by atoms with Crippen LogP contribution in [-0.2, 0) is 11.1 Å². The van der Waals surface area contributed by atoms with Crippen molar-refractivity contribution in [1.82, 2.24) is 0 Å². The third kappa shape index (κ3) is 4.29. The summed E-state index contributed by atoms with van der Waals surface area (Å²) in [7, 11) is 0. The molecule has 2 rings (SSSR count). The summed E-state index contributed by atoms with van der Waals surface area (Å²) >= 11 is 3.84. The standard InChI is InChI=1S/C12H8ClNO4S.Na.H/c13-11-7-6-10(8-12(11)14(15)16)19(17)18-9-4-2-1-3-5-9;;/h1-8H;;. The summed E-state index contributed by atoms with van der Waals surface area (Å²) in [6.45, 7) is 0. The van der Waals surface area contributed by atoms with E-state index in [2.05, 4.69) is 0 Å². The third-order valence-electron chi connectivity index (χ3n) is 2.22. The molecule has 0 aromatic heterocycles. The fraction of sp³-hybridized carbons (Fsp3) is 0. The molecular weight excluding hydrogens is 313 g/mol. The first-order valence-electron chi connectivity index (χ1n) is 5.17. The average molecular weight is 322 g/mol. The number of halogens is 1. The number of hydrogen-bond donors (Lipinski definition) is 0. The van der Waals surface area contributed by atoms with Gasteiger partial charge in [-0.25, -0.2) is 4.21 Å². The van der Waals surface area contributed by atoms with E-state index in [1.54, 1.807) is 30.3 Å². The topological polar surface area (TPSA) is 69.4 Å². The van der Waals surface area contributed by atoms with Crippen LogP contribution in [0.4, 0.5) is 5.69 Å². The number of nitro benzene ring substituents is 1. The summed E-state index contributed by atoms with van der Waals surface area (Å²) in [6, 6.07) is 12.4. The zero-order valence-electron chi connectivity index (χ0n) is 9.49. The van der Waals surface area contributed by atoms with Gasteiger partial charge in [0.2, 0.25) is 11.1 Å². The summed E-state index contributed by atoms with van der Waals surface area (Å²) in [6.07, 6.45) is 0. The van der Waals surface area contributed by atoms with Crippen molar-refractivity contribution in [2.75, 3.05) is 0 Å². The van der Waals surface area contributed by atoms with Crippen molar-refractivity contribution in [1.29, 1.82) is 0 Å². The summed E-state index contributed by atoms with van der Waals surface area (Å²) in [5.74, 6) is 0.415. The van der Waals surface area contributed by atoms with Gasteiger partial charge in [0.15, 0.2) is 0 Å². The van der Waals surface area contributed by atoms with Crippen LogP contribution >= 0.6 is 11.6 Å². The Kier molecular flexibility index (Phi) is 6.64. The number of benzene rings is 2. The fourth-order valence-corrected chi connectivity index (χ4v) is 2.30. The van der Waals surface area contributed by atoms with Crippen molar-refractivity contribution < 1.29 is 13.3 Å². The first kappa shape index (κ1) is 17.1. The molecule has 100 valence electrons. The van der Waals surface area contributed by atoms with Crippen molar-refractivity contribution >= 4 is 57.9 Å². The molecule has 1 atom stereocenters. The van der Waals surface area contributed by atoms with Crippen LogP contribution in [0.2, 0.25) is 5.02 Å².